The number of para-hydroxylation sites is 1. The van der Waals surface area contributed by atoms with Crippen molar-refractivity contribution in [3.05, 3.63) is 102 Å². The van der Waals surface area contributed by atoms with Crippen molar-refractivity contribution in [1.29, 1.82) is 0 Å². The van der Waals surface area contributed by atoms with E-state index >= 15 is 0 Å². The third-order valence-electron chi connectivity index (χ3n) is 5.64. The van der Waals surface area contributed by atoms with Crippen molar-refractivity contribution < 1.29 is 9.59 Å². The van der Waals surface area contributed by atoms with Crippen molar-refractivity contribution in [2.24, 2.45) is 0 Å². The van der Waals surface area contributed by atoms with Crippen LogP contribution in [0.4, 0.5) is 5.69 Å². The number of hydrogen-bond donors (Lipinski definition) is 2. The van der Waals surface area contributed by atoms with Crippen LogP contribution in [0.1, 0.15) is 40.4 Å². The molecule has 1 unspecified atom stereocenters. The number of hydrogen-bond acceptors (Lipinski definition) is 3. The molecule has 0 saturated carbocycles. The van der Waals surface area contributed by atoms with E-state index in [0.29, 0.717) is 24.3 Å². The van der Waals surface area contributed by atoms with Gasteiger partial charge in [0.1, 0.15) is 0 Å². The first-order valence-corrected chi connectivity index (χ1v) is 10.7. The molecule has 1 heterocycles. The minimum absolute atomic E-state index is 0.105. The van der Waals surface area contributed by atoms with Crippen molar-refractivity contribution >= 4 is 17.5 Å². The number of carbonyl (C=O) groups is 2. The minimum Gasteiger partial charge on any atom is -0.348 e. The highest BCUT2D eigenvalue weighted by Gasteiger charge is 2.27. The van der Waals surface area contributed by atoms with Crippen LogP contribution >= 0.6 is 0 Å². The second kappa shape index (κ2) is 10.0. The summed E-state index contributed by atoms with van der Waals surface area (Å²) < 4.78 is 0. The molecule has 158 valence electrons. The highest BCUT2D eigenvalue weighted by molar-refractivity contribution is 6.04. The predicted octanol–water partition coefficient (Wildman–Crippen LogP) is 4.39. The lowest BCUT2D eigenvalue weighted by Crippen LogP contribution is -2.33. The van der Waals surface area contributed by atoms with Gasteiger partial charge in [0.15, 0.2) is 0 Å². The van der Waals surface area contributed by atoms with Crippen LogP contribution in [0.15, 0.2) is 84.9 Å². The Morgan fingerprint density at radius 2 is 1.55 bits per heavy atom. The average Bonchev–Trinajstić information content (AvgIpc) is 3.27. The number of rotatable bonds is 7. The van der Waals surface area contributed by atoms with Gasteiger partial charge >= 0.3 is 0 Å². The van der Waals surface area contributed by atoms with E-state index in [-0.39, 0.29) is 17.9 Å². The molecular formula is C26H27N3O2. The molecule has 1 fully saturated rings. The maximum absolute atomic E-state index is 12.8. The summed E-state index contributed by atoms with van der Waals surface area (Å²) >= 11 is 0. The van der Waals surface area contributed by atoms with Gasteiger partial charge in [-0.1, -0.05) is 72.8 Å². The van der Waals surface area contributed by atoms with E-state index in [2.05, 4.69) is 27.7 Å². The van der Waals surface area contributed by atoms with Gasteiger partial charge in [-0.3, -0.25) is 14.5 Å². The molecule has 1 atom stereocenters. The van der Waals surface area contributed by atoms with Gasteiger partial charge in [0.25, 0.3) is 5.91 Å². The summed E-state index contributed by atoms with van der Waals surface area (Å²) in [4.78, 5) is 27.8. The van der Waals surface area contributed by atoms with E-state index in [1.54, 1.807) is 18.2 Å². The van der Waals surface area contributed by atoms with Gasteiger partial charge in [-0.2, -0.15) is 0 Å². The van der Waals surface area contributed by atoms with Crippen molar-refractivity contribution in [1.82, 2.24) is 10.2 Å². The lowest BCUT2D eigenvalue weighted by molar-refractivity contribution is -0.117. The molecule has 31 heavy (non-hydrogen) atoms. The smallest absolute Gasteiger partial charge is 0.253 e. The Bertz CT molecular complexity index is 1020. The summed E-state index contributed by atoms with van der Waals surface area (Å²) in [6.07, 6.45) is 2.13. The standard InChI is InChI=1S/C26H27N3O2/c30-25(19-29-17-9-16-24(29)21-12-5-2-6-13-21)28-23-15-8-7-14-22(23)26(31)27-18-20-10-3-1-4-11-20/h1-8,10-15,24H,9,16-19H2,(H,27,31)(H,28,30). The Morgan fingerprint density at radius 1 is 0.871 bits per heavy atom. The lowest BCUT2D eigenvalue weighted by atomic mass is 10.0. The first kappa shape index (κ1) is 20.8. The van der Waals surface area contributed by atoms with Gasteiger partial charge in [0.2, 0.25) is 5.91 Å². The molecule has 3 aromatic carbocycles. The highest BCUT2D eigenvalue weighted by atomic mass is 16.2. The summed E-state index contributed by atoms with van der Waals surface area (Å²) in [6, 6.07) is 27.5. The minimum atomic E-state index is -0.205. The molecule has 2 N–H and O–H groups in total. The van der Waals surface area contributed by atoms with Gasteiger partial charge in [0.05, 0.1) is 17.8 Å². The van der Waals surface area contributed by atoms with E-state index in [4.69, 9.17) is 0 Å². The molecule has 0 bridgehead atoms. The summed E-state index contributed by atoms with van der Waals surface area (Å²) in [6.45, 7) is 1.64. The van der Waals surface area contributed by atoms with Crippen molar-refractivity contribution in [3.63, 3.8) is 0 Å². The Kier molecular flexibility index (Phi) is 6.75. The van der Waals surface area contributed by atoms with E-state index in [0.717, 1.165) is 24.9 Å². The first-order chi connectivity index (χ1) is 15.2. The Morgan fingerprint density at radius 3 is 2.32 bits per heavy atom. The molecule has 2 amide bonds. The first-order valence-electron chi connectivity index (χ1n) is 10.7. The molecular weight excluding hydrogens is 386 g/mol. The topological polar surface area (TPSA) is 61.4 Å². The van der Waals surface area contributed by atoms with Crippen molar-refractivity contribution in [3.8, 4) is 0 Å². The van der Waals surface area contributed by atoms with Gasteiger partial charge in [-0.05, 0) is 42.6 Å². The van der Waals surface area contributed by atoms with Crippen LogP contribution in [-0.2, 0) is 11.3 Å². The normalized spacial score (nSPS) is 16.1. The molecule has 5 nitrogen and oxygen atoms in total. The Balaban J connectivity index is 1.39. The Hall–Kier alpha value is -3.44. The predicted molar refractivity (Wildman–Crippen MR) is 123 cm³/mol. The number of nitrogens with one attached hydrogen (secondary N) is 2. The molecule has 0 radical (unpaired) electrons. The zero-order valence-corrected chi connectivity index (χ0v) is 17.5. The lowest BCUT2D eigenvalue weighted by Gasteiger charge is -2.24. The van der Waals surface area contributed by atoms with E-state index in [9.17, 15) is 9.59 Å². The third-order valence-corrected chi connectivity index (χ3v) is 5.64. The highest BCUT2D eigenvalue weighted by Crippen LogP contribution is 2.31. The van der Waals surface area contributed by atoms with Gasteiger partial charge in [0, 0.05) is 12.6 Å². The maximum atomic E-state index is 12.8. The van der Waals surface area contributed by atoms with Crippen molar-refractivity contribution in [2.45, 2.75) is 25.4 Å². The number of carbonyl (C=O) groups excluding carboxylic acids is 2. The molecule has 1 aliphatic heterocycles. The van der Waals surface area contributed by atoms with Gasteiger partial charge < -0.3 is 10.6 Å². The van der Waals surface area contributed by atoms with E-state index in [1.165, 1.54) is 5.56 Å². The monoisotopic (exact) mass is 413 g/mol. The summed E-state index contributed by atoms with van der Waals surface area (Å²) in [5.41, 5.74) is 3.27. The van der Waals surface area contributed by atoms with Crippen LogP contribution in [0, 0.1) is 0 Å². The fourth-order valence-electron chi connectivity index (χ4n) is 4.11. The van der Waals surface area contributed by atoms with Crippen LogP contribution in [0.3, 0.4) is 0 Å². The van der Waals surface area contributed by atoms with E-state index in [1.807, 2.05) is 54.6 Å². The molecule has 1 aliphatic rings. The summed E-state index contributed by atoms with van der Waals surface area (Å²) in [5.74, 6) is -0.311. The van der Waals surface area contributed by atoms with Crippen LogP contribution in [0.25, 0.3) is 0 Å². The second-order valence-electron chi connectivity index (χ2n) is 7.80. The van der Waals surface area contributed by atoms with Crippen LogP contribution in [-0.4, -0.2) is 29.8 Å². The molecule has 0 aromatic heterocycles. The average molecular weight is 414 g/mol. The fraction of sp³-hybridized carbons (Fsp3) is 0.231. The molecule has 5 heteroatoms. The number of nitrogens with zero attached hydrogens (tertiary/aromatic N) is 1. The van der Waals surface area contributed by atoms with Gasteiger partial charge in [-0.15, -0.1) is 0 Å². The van der Waals surface area contributed by atoms with Crippen LogP contribution < -0.4 is 10.6 Å². The number of benzene rings is 3. The quantitative estimate of drug-likeness (QED) is 0.604. The number of anilines is 1. The fourth-order valence-corrected chi connectivity index (χ4v) is 4.11. The van der Waals surface area contributed by atoms with Crippen molar-refractivity contribution in [2.75, 3.05) is 18.4 Å². The maximum Gasteiger partial charge on any atom is 0.253 e. The molecule has 0 spiro atoms. The number of likely N-dealkylation sites (tertiary alicyclic amines) is 1. The van der Waals surface area contributed by atoms with Crippen LogP contribution in [0.5, 0.6) is 0 Å². The van der Waals surface area contributed by atoms with Gasteiger partial charge in [-0.25, -0.2) is 0 Å². The molecule has 3 aromatic rings. The Labute approximate surface area is 183 Å². The van der Waals surface area contributed by atoms with E-state index < -0.39 is 0 Å². The largest absolute Gasteiger partial charge is 0.348 e. The zero-order chi connectivity index (χ0) is 21.5. The molecule has 0 aliphatic carbocycles. The summed E-state index contributed by atoms with van der Waals surface area (Å²) in [5, 5.41) is 5.88. The second-order valence-corrected chi connectivity index (χ2v) is 7.80. The molecule has 1 saturated heterocycles. The summed E-state index contributed by atoms with van der Waals surface area (Å²) in [7, 11) is 0. The van der Waals surface area contributed by atoms with Crippen LogP contribution in [0.2, 0.25) is 0 Å². The molecule has 4 rings (SSSR count). The number of amides is 2. The third kappa shape index (κ3) is 5.38. The zero-order valence-electron chi connectivity index (χ0n) is 17.5. The SMILES string of the molecule is O=C(CN1CCCC1c1ccccc1)Nc1ccccc1C(=O)NCc1ccccc1.